The molecular weight excluding hydrogens is 608 g/mol. The molecule has 3 rings (SSSR count). The number of benzene rings is 3. The maximum Gasteiger partial charge on any atom is 0.243 e. The number of aliphatic hydroxyl groups excluding tert-OH is 1. The highest BCUT2D eigenvalue weighted by Crippen LogP contribution is 2.27. The summed E-state index contributed by atoms with van der Waals surface area (Å²) in [6.45, 7) is 4.98. The van der Waals surface area contributed by atoms with Gasteiger partial charge < -0.3 is 30.1 Å². The number of nitrogens with zero attached hydrogens (tertiary/aromatic N) is 3. The van der Waals surface area contributed by atoms with Gasteiger partial charge in [0.25, 0.3) is 0 Å². The minimum atomic E-state index is -4.01. The van der Waals surface area contributed by atoms with Gasteiger partial charge in [0.2, 0.25) is 21.8 Å². The first-order chi connectivity index (χ1) is 21.7. The summed E-state index contributed by atoms with van der Waals surface area (Å²) in [4.78, 5) is 29.4. The first-order valence-electron chi connectivity index (χ1n) is 15.1. The van der Waals surface area contributed by atoms with Crippen LogP contribution in [0.25, 0.3) is 0 Å². The third kappa shape index (κ3) is 9.93. The van der Waals surface area contributed by atoms with Crippen LogP contribution in [-0.2, 0) is 26.0 Å². The maximum atomic E-state index is 13.7. The van der Waals surface area contributed by atoms with Crippen molar-refractivity contribution in [2.75, 3.05) is 52.3 Å². The lowest BCUT2D eigenvalue weighted by Crippen LogP contribution is -2.53. The fraction of sp³-hybridized carbons (Fsp3) is 0.412. The number of rotatable bonds is 16. The third-order valence-corrected chi connectivity index (χ3v) is 9.39. The van der Waals surface area contributed by atoms with Crippen molar-refractivity contribution in [2.24, 2.45) is 5.92 Å². The summed E-state index contributed by atoms with van der Waals surface area (Å²) in [7, 11) is 0.723. The number of phenolic OH excluding ortho intramolecular Hbond substituents is 1. The van der Waals surface area contributed by atoms with E-state index in [0.717, 1.165) is 5.56 Å². The summed E-state index contributed by atoms with van der Waals surface area (Å²) in [5.74, 6) is -0.231. The number of methoxy groups -OCH3 is 1. The Bertz CT molecular complexity index is 1550. The predicted octanol–water partition coefficient (Wildman–Crippen LogP) is 3.04. The van der Waals surface area contributed by atoms with Crippen molar-refractivity contribution in [2.45, 2.75) is 44.2 Å². The topological polar surface area (TPSA) is 140 Å². The number of carbonyl (C=O) groups is 2. The summed E-state index contributed by atoms with van der Waals surface area (Å²) in [6.07, 6.45) is -1.05. The Morgan fingerprint density at radius 2 is 1.57 bits per heavy atom. The van der Waals surface area contributed by atoms with E-state index in [2.05, 4.69) is 5.32 Å². The average Bonchev–Trinajstić information content (AvgIpc) is 3.01. The molecule has 0 aliphatic carbocycles. The molecule has 3 aromatic rings. The van der Waals surface area contributed by atoms with E-state index in [9.17, 15) is 28.2 Å². The Hall–Kier alpha value is -4.13. The molecule has 0 saturated carbocycles. The smallest absolute Gasteiger partial charge is 0.243 e. The van der Waals surface area contributed by atoms with Gasteiger partial charge in [-0.3, -0.25) is 9.59 Å². The van der Waals surface area contributed by atoms with Crippen LogP contribution in [0.3, 0.4) is 0 Å². The SMILES string of the molecule is COc1ccc(S(=O)(=O)N(CC(C)C)C[C@@H](O)[C@H](Cc2ccccc2)NC(=O)CN(CC(=O)N(C)C)c2cccc(O)c2C)cc1. The molecule has 0 aromatic heterocycles. The van der Waals surface area contributed by atoms with Gasteiger partial charge in [-0.2, -0.15) is 4.31 Å². The van der Waals surface area contributed by atoms with Gasteiger partial charge in [-0.15, -0.1) is 0 Å². The molecule has 0 aliphatic rings. The Morgan fingerprint density at radius 3 is 2.15 bits per heavy atom. The van der Waals surface area contributed by atoms with Crippen molar-refractivity contribution in [1.82, 2.24) is 14.5 Å². The van der Waals surface area contributed by atoms with E-state index < -0.39 is 28.1 Å². The van der Waals surface area contributed by atoms with Gasteiger partial charge >= 0.3 is 0 Å². The van der Waals surface area contributed by atoms with Crippen molar-refractivity contribution in [1.29, 1.82) is 0 Å². The fourth-order valence-corrected chi connectivity index (χ4v) is 6.59. The average molecular weight is 655 g/mol. The van der Waals surface area contributed by atoms with E-state index in [0.29, 0.717) is 17.0 Å². The Labute approximate surface area is 272 Å². The number of anilines is 1. The highest BCUT2D eigenvalue weighted by Gasteiger charge is 2.32. The van der Waals surface area contributed by atoms with Gasteiger partial charge in [-0.1, -0.05) is 50.2 Å². The standard InChI is InChI=1S/C34H46N4O7S/c1-24(2)20-38(46(43,44)28-17-15-27(45-6)16-18-28)21-32(40)29(19-26-11-8-7-9-12-26)35-33(41)22-37(23-34(42)36(4)5)30-13-10-14-31(39)25(30)3/h7-18,24,29,32,39-40H,19-23H2,1-6H3,(H,35,41)/t29-,32+/m0/s1. The molecule has 0 heterocycles. The van der Waals surface area contributed by atoms with E-state index in [1.165, 1.54) is 34.5 Å². The number of hydrogen-bond donors (Lipinski definition) is 3. The van der Waals surface area contributed by atoms with Crippen LogP contribution in [0, 0.1) is 12.8 Å². The summed E-state index contributed by atoms with van der Waals surface area (Å²) in [5.41, 5.74) is 1.86. The number of hydrogen-bond acceptors (Lipinski definition) is 8. The number of carbonyl (C=O) groups excluding carboxylic acids is 2. The molecule has 2 amide bonds. The second-order valence-electron chi connectivity index (χ2n) is 11.9. The first kappa shape index (κ1) is 36.3. The molecule has 250 valence electrons. The van der Waals surface area contributed by atoms with Crippen molar-refractivity contribution < 1.29 is 33.0 Å². The zero-order valence-electron chi connectivity index (χ0n) is 27.4. The van der Waals surface area contributed by atoms with Crippen molar-refractivity contribution >= 4 is 27.5 Å². The zero-order chi connectivity index (χ0) is 34.0. The lowest BCUT2D eigenvalue weighted by Gasteiger charge is -2.32. The Balaban J connectivity index is 1.91. The predicted molar refractivity (Wildman–Crippen MR) is 178 cm³/mol. The molecule has 12 heteroatoms. The van der Waals surface area contributed by atoms with Crippen LogP contribution in [0.5, 0.6) is 11.5 Å². The van der Waals surface area contributed by atoms with Crippen LogP contribution in [-0.4, -0.2) is 99.2 Å². The van der Waals surface area contributed by atoms with Gasteiger partial charge in [0, 0.05) is 38.4 Å². The molecule has 2 atom stereocenters. The molecule has 0 radical (unpaired) electrons. The number of likely N-dealkylation sites (N-methyl/N-ethyl adjacent to an activating group) is 1. The molecule has 0 saturated heterocycles. The normalized spacial score (nSPS) is 12.9. The minimum absolute atomic E-state index is 0.0286. The lowest BCUT2D eigenvalue weighted by atomic mass is 10.0. The third-order valence-electron chi connectivity index (χ3n) is 7.54. The van der Waals surface area contributed by atoms with Crippen LogP contribution in [0.4, 0.5) is 5.69 Å². The molecule has 11 nitrogen and oxygen atoms in total. The molecule has 3 aromatic carbocycles. The largest absolute Gasteiger partial charge is 0.508 e. The van der Waals surface area contributed by atoms with Crippen LogP contribution >= 0.6 is 0 Å². The van der Waals surface area contributed by atoms with E-state index in [1.807, 2.05) is 44.2 Å². The van der Waals surface area contributed by atoms with Crippen molar-refractivity contribution in [3.63, 3.8) is 0 Å². The number of phenols is 1. The summed E-state index contributed by atoms with van der Waals surface area (Å²) in [6, 6.07) is 19.4. The summed E-state index contributed by atoms with van der Waals surface area (Å²) >= 11 is 0. The molecule has 3 N–H and O–H groups in total. The molecule has 0 spiro atoms. The number of amides is 2. The van der Waals surface area contributed by atoms with Gasteiger partial charge in [0.1, 0.15) is 11.5 Å². The van der Waals surface area contributed by atoms with E-state index >= 15 is 0 Å². The van der Waals surface area contributed by atoms with Crippen LogP contribution in [0.1, 0.15) is 25.0 Å². The Morgan fingerprint density at radius 1 is 0.913 bits per heavy atom. The van der Waals surface area contributed by atoms with Crippen LogP contribution in [0.15, 0.2) is 77.7 Å². The number of ether oxygens (including phenoxy) is 1. The maximum absolute atomic E-state index is 13.7. The number of aliphatic hydroxyl groups is 1. The molecule has 0 bridgehead atoms. The minimum Gasteiger partial charge on any atom is -0.508 e. The Kier molecular flexibility index (Phi) is 13.0. The molecule has 0 fully saturated rings. The summed E-state index contributed by atoms with van der Waals surface area (Å²) in [5, 5.41) is 24.8. The fourth-order valence-electron chi connectivity index (χ4n) is 4.97. The van der Waals surface area contributed by atoms with Crippen molar-refractivity contribution in [3.05, 3.63) is 83.9 Å². The molecule has 0 unspecified atom stereocenters. The number of aromatic hydroxyl groups is 1. The monoisotopic (exact) mass is 654 g/mol. The van der Waals surface area contributed by atoms with Crippen LogP contribution < -0.4 is 15.0 Å². The van der Waals surface area contributed by atoms with Gasteiger partial charge in [-0.05, 0) is 61.2 Å². The second kappa shape index (κ2) is 16.4. The van der Waals surface area contributed by atoms with Gasteiger partial charge in [0.15, 0.2) is 0 Å². The number of nitrogens with one attached hydrogen (secondary N) is 1. The highest BCUT2D eigenvalue weighted by atomic mass is 32.2. The van der Waals surface area contributed by atoms with Gasteiger partial charge in [-0.25, -0.2) is 8.42 Å². The van der Waals surface area contributed by atoms with Gasteiger partial charge in [0.05, 0.1) is 37.2 Å². The van der Waals surface area contributed by atoms with Crippen molar-refractivity contribution in [3.8, 4) is 11.5 Å². The van der Waals surface area contributed by atoms with E-state index in [1.54, 1.807) is 50.2 Å². The lowest BCUT2D eigenvalue weighted by molar-refractivity contribution is -0.127. The van der Waals surface area contributed by atoms with Crippen LogP contribution in [0.2, 0.25) is 0 Å². The molecule has 0 aliphatic heterocycles. The van der Waals surface area contributed by atoms with E-state index in [-0.39, 0.29) is 55.1 Å². The first-order valence-corrected chi connectivity index (χ1v) is 16.6. The quantitative estimate of drug-likeness (QED) is 0.214. The highest BCUT2D eigenvalue weighted by molar-refractivity contribution is 7.89. The summed E-state index contributed by atoms with van der Waals surface area (Å²) < 4.78 is 33.9. The molecular formula is C34H46N4O7S. The second-order valence-corrected chi connectivity index (χ2v) is 13.8. The zero-order valence-corrected chi connectivity index (χ0v) is 28.2. The van der Waals surface area contributed by atoms with E-state index in [4.69, 9.17) is 4.74 Å². The molecule has 46 heavy (non-hydrogen) atoms. The number of sulfonamides is 1.